The maximum atomic E-state index is 10.3. The van der Waals surface area contributed by atoms with E-state index in [0.717, 1.165) is 11.1 Å². The molecule has 0 aliphatic carbocycles. The Morgan fingerprint density at radius 2 is 2.18 bits per heavy atom. The molecule has 0 unspecified atom stereocenters. The van der Waals surface area contributed by atoms with Crippen molar-refractivity contribution in [3.05, 3.63) is 35.4 Å². The van der Waals surface area contributed by atoms with E-state index in [9.17, 15) is 4.79 Å². The quantitative estimate of drug-likeness (QED) is 0.555. The zero-order valence-corrected chi connectivity index (χ0v) is 6.72. The number of rotatable bonds is 1. The average molecular weight is 146 g/mol. The predicted molar refractivity (Wildman–Crippen MR) is 46.0 cm³/mol. The Labute approximate surface area is 66.4 Å². The first-order chi connectivity index (χ1) is 5.24. The topological polar surface area (TPSA) is 17.1 Å². The number of carbonyl (C=O) groups excluding carboxylic acids is 1. The lowest BCUT2D eigenvalue weighted by atomic mass is 10.1. The lowest BCUT2D eigenvalue weighted by Crippen LogP contribution is -1.80. The molecule has 1 nitrogen and oxygen atoms in total. The lowest BCUT2D eigenvalue weighted by molar-refractivity contribution is 0.569. The summed E-state index contributed by atoms with van der Waals surface area (Å²) in [5.74, 6) is 1.88. The molecule has 0 heterocycles. The molecule has 11 heavy (non-hydrogen) atoms. The summed E-state index contributed by atoms with van der Waals surface area (Å²) in [5, 5.41) is 0. The van der Waals surface area contributed by atoms with E-state index in [2.05, 4.69) is 0 Å². The Morgan fingerprint density at radius 3 is 2.73 bits per heavy atom. The minimum absolute atomic E-state index is 0.661. The summed E-state index contributed by atoms with van der Waals surface area (Å²) in [6, 6.07) is 7.82. The highest BCUT2D eigenvalue weighted by Crippen LogP contribution is 2.11. The van der Waals surface area contributed by atoms with Crippen molar-refractivity contribution in [3.63, 3.8) is 0 Å². The molecule has 0 aliphatic rings. The van der Waals surface area contributed by atoms with E-state index in [1.54, 1.807) is 6.92 Å². The monoisotopic (exact) mass is 146 g/mol. The van der Waals surface area contributed by atoms with E-state index in [1.165, 1.54) is 0 Å². The van der Waals surface area contributed by atoms with Crippen LogP contribution in [0.15, 0.2) is 24.3 Å². The molecular formula is C10H10O. The van der Waals surface area contributed by atoms with Gasteiger partial charge in [-0.3, -0.25) is 0 Å². The fourth-order valence-corrected chi connectivity index (χ4v) is 0.937. The zero-order valence-electron chi connectivity index (χ0n) is 6.72. The molecule has 0 bridgehead atoms. The van der Waals surface area contributed by atoms with Crippen LogP contribution in [0.1, 0.15) is 18.1 Å². The molecule has 0 fully saturated rings. The average Bonchev–Trinajstić information content (AvgIpc) is 2.03. The van der Waals surface area contributed by atoms with Crippen LogP contribution in [0.25, 0.3) is 5.57 Å². The molecule has 0 aromatic heterocycles. The molecule has 0 radical (unpaired) electrons. The molecule has 0 atom stereocenters. The van der Waals surface area contributed by atoms with Crippen LogP contribution in [0, 0.1) is 6.92 Å². The Kier molecular flexibility index (Phi) is 2.25. The smallest absolute Gasteiger partial charge is 0.128 e. The second-order valence-corrected chi connectivity index (χ2v) is 2.60. The Bertz CT molecular complexity index is 306. The van der Waals surface area contributed by atoms with Gasteiger partial charge in [0, 0.05) is 5.57 Å². The summed E-state index contributed by atoms with van der Waals surface area (Å²) in [4.78, 5) is 10.3. The van der Waals surface area contributed by atoms with Gasteiger partial charge in [0.1, 0.15) is 5.94 Å². The zero-order chi connectivity index (χ0) is 8.27. The molecule has 0 aliphatic heterocycles. The van der Waals surface area contributed by atoms with Crippen LogP contribution in [0.2, 0.25) is 0 Å². The number of allylic oxidation sites excluding steroid dienone is 1. The second kappa shape index (κ2) is 3.18. The predicted octanol–water partition coefficient (Wildman–Crippen LogP) is 2.23. The van der Waals surface area contributed by atoms with Gasteiger partial charge in [-0.05, 0) is 19.4 Å². The molecule has 1 rings (SSSR count). The highest BCUT2D eigenvalue weighted by Gasteiger charge is 1.94. The van der Waals surface area contributed by atoms with Crippen LogP contribution in [0.3, 0.4) is 0 Å². The van der Waals surface area contributed by atoms with Gasteiger partial charge in [-0.1, -0.05) is 29.8 Å². The fraction of sp³-hybridized carbons (Fsp3) is 0.200. The van der Waals surface area contributed by atoms with E-state index < -0.39 is 0 Å². The molecular weight excluding hydrogens is 136 g/mol. The number of benzene rings is 1. The summed E-state index contributed by atoms with van der Waals surface area (Å²) in [7, 11) is 0. The Hall–Kier alpha value is -1.33. The van der Waals surface area contributed by atoms with Crippen molar-refractivity contribution in [2.45, 2.75) is 13.8 Å². The Morgan fingerprint density at radius 1 is 1.45 bits per heavy atom. The first kappa shape index (κ1) is 7.77. The van der Waals surface area contributed by atoms with Gasteiger partial charge >= 0.3 is 0 Å². The van der Waals surface area contributed by atoms with E-state index >= 15 is 0 Å². The molecule has 1 aromatic carbocycles. The highest BCUT2D eigenvalue weighted by atomic mass is 16.1. The van der Waals surface area contributed by atoms with Crippen LogP contribution < -0.4 is 0 Å². The molecule has 0 N–H and O–H groups in total. The van der Waals surface area contributed by atoms with Gasteiger partial charge < -0.3 is 0 Å². The van der Waals surface area contributed by atoms with Gasteiger partial charge in [0.05, 0.1) is 0 Å². The third-order valence-electron chi connectivity index (χ3n) is 1.60. The van der Waals surface area contributed by atoms with Crippen molar-refractivity contribution >= 4 is 11.5 Å². The second-order valence-electron chi connectivity index (χ2n) is 2.60. The number of hydrogen-bond acceptors (Lipinski definition) is 1. The fourth-order valence-electron chi connectivity index (χ4n) is 0.937. The van der Waals surface area contributed by atoms with E-state index in [0.29, 0.717) is 5.57 Å². The van der Waals surface area contributed by atoms with Crippen molar-refractivity contribution in [3.8, 4) is 0 Å². The van der Waals surface area contributed by atoms with E-state index in [1.807, 2.05) is 37.1 Å². The maximum absolute atomic E-state index is 10.3. The summed E-state index contributed by atoms with van der Waals surface area (Å²) in [6.07, 6.45) is 0. The van der Waals surface area contributed by atoms with Crippen LogP contribution in [0.5, 0.6) is 0 Å². The van der Waals surface area contributed by atoms with E-state index in [-0.39, 0.29) is 0 Å². The molecule has 0 saturated carbocycles. The lowest BCUT2D eigenvalue weighted by Gasteiger charge is -1.97. The van der Waals surface area contributed by atoms with Crippen LogP contribution in [-0.4, -0.2) is 5.94 Å². The van der Waals surface area contributed by atoms with Crippen molar-refractivity contribution in [1.82, 2.24) is 0 Å². The van der Waals surface area contributed by atoms with Gasteiger partial charge in [-0.25, -0.2) is 4.79 Å². The van der Waals surface area contributed by atoms with Crippen molar-refractivity contribution < 1.29 is 4.79 Å². The summed E-state index contributed by atoms with van der Waals surface area (Å²) in [6.45, 7) is 3.77. The number of aryl methyl sites for hydroxylation is 1. The third kappa shape index (κ3) is 1.79. The summed E-state index contributed by atoms with van der Waals surface area (Å²) in [5.41, 5.74) is 2.78. The van der Waals surface area contributed by atoms with Crippen molar-refractivity contribution in [1.29, 1.82) is 0 Å². The number of hydrogen-bond donors (Lipinski definition) is 0. The van der Waals surface area contributed by atoms with Gasteiger partial charge in [0.2, 0.25) is 0 Å². The molecule has 0 amide bonds. The maximum Gasteiger partial charge on any atom is 0.128 e. The molecule has 56 valence electrons. The van der Waals surface area contributed by atoms with E-state index in [4.69, 9.17) is 0 Å². The van der Waals surface area contributed by atoms with Gasteiger partial charge in [0.15, 0.2) is 0 Å². The first-order valence-corrected chi connectivity index (χ1v) is 3.53. The minimum Gasteiger partial charge on any atom is -0.233 e. The SMILES string of the molecule is CC(=C=O)c1cccc(C)c1. The summed E-state index contributed by atoms with van der Waals surface area (Å²) < 4.78 is 0. The molecule has 0 saturated heterocycles. The van der Waals surface area contributed by atoms with Crippen molar-refractivity contribution in [2.75, 3.05) is 0 Å². The van der Waals surface area contributed by atoms with Crippen LogP contribution >= 0.6 is 0 Å². The summed E-state index contributed by atoms with van der Waals surface area (Å²) >= 11 is 0. The van der Waals surface area contributed by atoms with Crippen molar-refractivity contribution in [2.24, 2.45) is 0 Å². The molecule has 1 heteroatoms. The minimum atomic E-state index is 0.661. The first-order valence-electron chi connectivity index (χ1n) is 3.53. The Balaban J connectivity index is 3.15. The molecule has 1 aromatic rings. The van der Waals surface area contributed by atoms with Gasteiger partial charge in [-0.2, -0.15) is 0 Å². The molecule has 0 spiro atoms. The largest absolute Gasteiger partial charge is 0.233 e. The van der Waals surface area contributed by atoms with Crippen LogP contribution in [-0.2, 0) is 4.79 Å². The standard InChI is InChI=1S/C10H10O/c1-8-4-3-5-10(6-8)9(2)7-11/h3-6H,1-2H3. The third-order valence-corrected chi connectivity index (χ3v) is 1.60. The van der Waals surface area contributed by atoms with Gasteiger partial charge in [0.25, 0.3) is 0 Å². The van der Waals surface area contributed by atoms with Crippen LogP contribution in [0.4, 0.5) is 0 Å². The highest BCUT2D eigenvalue weighted by molar-refractivity contribution is 5.86. The normalized spacial score (nSPS) is 8.91. The van der Waals surface area contributed by atoms with Gasteiger partial charge in [-0.15, -0.1) is 0 Å².